The molecule has 0 aliphatic rings. The number of benzene rings is 1. The molecule has 1 aromatic carbocycles. The highest BCUT2D eigenvalue weighted by molar-refractivity contribution is 5.71. The van der Waals surface area contributed by atoms with E-state index in [0.29, 0.717) is 30.6 Å². The van der Waals surface area contributed by atoms with E-state index in [4.69, 9.17) is 13.9 Å². The summed E-state index contributed by atoms with van der Waals surface area (Å²) in [5.74, 6) is 1.26. The molecule has 2 rings (SSSR count). The van der Waals surface area contributed by atoms with E-state index < -0.39 is 0 Å². The van der Waals surface area contributed by atoms with Crippen LogP contribution >= 0.6 is 0 Å². The fourth-order valence-corrected chi connectivity index (χ4v) is 1.55. The van der Waals surface area contributed by atoms with Gasteiger partial charge in [-0.25, -0.2) is 4.79 Å². The van der Waals surface area contributed by atoms with Gasteiger partial charge in [0.1, 0.15) is 5.75 Å². The molecule has 0 amide bonds. The summed E-state index contributed by atoms with van der Waals surface area (Å²) in [5, 5.41) is 7.86. The van der Waals surface area contributed by atoms with E-state index in [2.05, 4.69) is 10.2 Å². The summed E-state index contributed by atoms with van der Waals surface area (Å²) in [6, 6.07) is 7.08. The summed E-state index contributed by atoms with van der Waals surface area (Å²) in [5.41, 5.74) is 0.806. The van der Waals surface area contributed by atoms with E-state index in [-0.39, 0.29) is 12.6 Å². The number of hydrogen-bond donors (Lipinski definition) is 0. The van der Waals surface area contributed by atoms with E-state index >= 15 is 0 Å². The summed E-state index contributed by atoms with van der Waals surface area (Å²) in [6.45, 7) is 3.94. The van der Waals surface area contributed by atoms with Gasteiger partial charge >= 0.3 is 5.97 Å². The van der Waals surface area contributed by atoms with Gasteiger partial charge in [0, 0.05) is 12.0 Å². The van der Waals surface area contributed by atoms with Crippen molar-refractivity contribution in [3.63, 3.8) is 0 Å². The maximum atomic E-state index is 11.2. The number of rotatable bonds is 6. The fraction of sp³-hybridized carbons (Fsp3) is 0.357. The predicted molar refractivity (Wildman–Crippen MR) is 71.2 cm³/mol. The zero-order valence-corrected chi connectivity index (χ0v) is 11.5. The molecule has 20 heavy (non-hydrogen) atoms. The van der Waals surface area contributed by atoms with Gasteiger partial charge in [0.2, 0.25) is 11.8 Å². The van der Waals surface area contributed by atoms with Gasteiger partial charge in [-0.3, -0.25) is 0 Å². The highest BCUT2D eigenvalue weighted by Gasteiger charge is 2.08. The van der Waals surface area contributed by atoms with Crippen LogP contribution in [0.1, 0.15) is 19.7 Å². The summed E-state index contributed by atoms with van der Waals surface area (Å²) in [6.07, 6.45) is 0.702. The molecule has 0 saturated heterocycles. The lowest BCUT2D eigenvalue weighted by Crippen LogP contribution is -2.14. The minimum absolute atomic E-state index is 0.103. The Kier molecular flexibility index (Phi) is 4.70. The van der Waals surface area contributed by atoms with Crippen LogP contribution in [0.25, 0.3) is 11.5 Å². The van der Waals surface area contributed by atoms with Gasteiger partial charge < -0.3 is 13.9 Å². The SMILES string of the molecule is CCOC(=O)COc1ccc(-c2nnc(CC)o2)cc1. The lowest BCUT2D eigenvalue weighted by Gasteiger charge is -2.05. The first-order valence-electron chi connectivity index (χ1n) is 6.44. The second kappa shape index (κ2) is 6.70. The first-order chi connectivity index (χ1) is 9.72. The molecule has 0 saturated carbocycles. The van der Waals surface area contributed by atoms with Crippen molar-refractivity contribution >= 4 is 5.97 Å². The van der Waals surface area contributed by atoms with Crippen LogP contribution in [0.2, 0.25) is 0 Å². The fourth-order valence-electron chi connectivity index (χ4n) is 1.55. The van der Waals surface area contributed by atoms with Crippen LogP contribution in [0.5, 0.6) is 5.75 Å². The van der Waals surface area contributed by atoms with Crippen LogP contribution in [0.4, 0.5) is 0 Å². The number of aromatic nitrogens is 2. The Balaban J connectivity index is 1.97. The maximum Gasteiger partial charge on any atom is 0.344 e. The molecule has 0 aliphatic carbocycles. The van der Waals surface area contributed by atoms with Gasteiger partial charge in [0.25, 0.3) is 0 Å². The molecule has 0 fully saturated rings. The highest BCUT2D eigenvalue weighted by atomic mass is 16.6. The van der Waals surface area contributed by atoms with Crippen LogP contribution in [-0.2, 0) is 16.0 Å². The van der Waals surface area contributed by atoms with E-state index in [1.165, 1.54) is 0 Å². The number of carbonyl (C=O) groups is 1. The van der Waals surface area contributed by atoms with Crippen molar-refractivity contribution in [1.82, 2.24) is 10.2 Å². The first kappa shape index (κ1) is 14.0. The van der Waals surface area contributed by atoms with E-state index in [1.807, 2.05) is 6.92 Å². The molecule has 2 aromatic rings. The lowest BCUT2D eigenvalue weighted by atomic mass is 10.2. The van der Waals surface area contributed by atoms with Crippen molar-refractivity contribution in [2.75, 3.05) is 13.2 Å². The number of ether oxygens (including phenoxy) is 2. The molecule has 0 N–H and O–H groups in total. The molecule has 106 valence electrons. The Labute approximate surface area is 116 Å². The van der Waals surface area contributed by atoms with Gasteiger partial charge in [0.15, 0.2) is 6.61 Å². The van der Waals surface area contributed by atoms with Crippen LogP contribution in [0.3, 0.4) is 0 Å². The molecule has 0 unspecified atom stereocenters. The zero-order chi connectivity index (χ0) is 14.4. The minimum atomic E-state index is -0.388. The largest absolute Gasteiger partial charge is 0.482 e. The van der Waals surface area contributed by atoms with Gasteiger partial charge in [-0.2, -0.15) is 0 Å². The molecule has 0 spiro atoms. The quantitative estimate of drug-likeness (QED) is 0.753. The third-order valence-electron chi connectivity index (χ3n) is 2.53. The number of nitrogens with zero attached hydrogens (tertiary/aromatic N) is 2. The standard InChI is InChI=1S/C14H16N2O4/c1-3-12-15-16-14(20-12)10-5-7-11(8-6-10)19-9-13(17)18-4-2/h5-8H,3-4,9H2,1-2H3. The third kappa shape index (κ3) is 3.57. The summed E-state index contributed by atoms with van der Waals surface area (Å²) < 4.78 is 15.5. The predicted octanol–water partition coefficient (Wildman–Crippen LogP) is 2.24. The normalized spacial score (nSPS) is 10.3. The Bertz CT molecular complexity index is 563. The smallest absolute Gasteiger partial charge is 0.344 e. The van der Waals surface area contributed by atoms with Gasteiger partial charge in [-0.15, -0.1) is 10.2 Å². The van der Waals surface area contributed by atoms with Crippen molar-refractivity contribution in [3.8, 4) is 17.2 Å². The molecule has 0 bridgehead atoms. The molecule has 6 nitrogen and oxygen atoms in total. The summed E-state index contributed by atoms with van der Waals surface area (Å²) in [4.78, 5) is 11.2. The van der Waals surface area contributed by atoms with Gasteiger partial charge in [0.05, 0.1) is 6.61 Å². The maximum absolute atomic E-state index is 11.2. The summed E-state index contributed by atoms with van der Waals surface area (Å²) >= 11 is 0. The molecule has 0 radical (unpaired) electrons. The second-order valence-corrected chi connectivity index (χ2v) is 3.97. The topological polar surface area (TPSA) is 74.5 Å². The molecule has 0 aliphatic heterocycles. The Morgan fingerprint density at radius 2 is 1.95 bits per heavy atom. The number of hydrogen-bond acceptors (Lipinski definition) is 6. The third-order valence-corrected chi connectivity index (χ3v) is 2.53. The Morgan fingerprint density at radius 1 is 1.20 bits per heavy atom. The van der Waals surface area contributed by atoms with Crippen molar-refractivity contribution in [2.24, 2.45) is 0 Å². The van der Waals surface area contributed by atoms with Crippen molar-refractivity contribution in [1.29, 1.82) is 0 Å². The lowest BCUT2D eigenvalue weighted by molar-refractivity contribution is -0.145. The van der Waals surface area contributed by atoms with Gasteiger partial charge in [-0.05, 0) is 31.2 Å². The van der Waals surface area contributed by atoms with Crippen molar-refractivity contribution < 1.29 is 18.7 Å². The first-order valence-corrected chi connectivity index (χ1v) is 6.44. The summed E-state index contributed by atoms with van der Waals surface area (Å²) in [7, 11) is 0. The molecule has 1 heterocycles. The van der Waals surface area contributed by atoms with Crippen LogP contribution < -0.4 is 4.74 Å². The van der Waals surface area contributed by atoms with E-state index in [0.717, 1.165) is 5.56 Å². The van der Waals surface area contributed by atoms with Crippen LogP contribution in [0.15, 0.2) is 28.7 Å². The number of esters is 1. The molecule has 0 atom stereocenters. The van der Waals surface area contributed by atoms with E-state index in [9.17, 15) is 4.79 Å². The van der Waals surface area contributed by atoms with Crippen molar-refractivity contribution in [3.05, 3.63) is 30.2 Å². The zero-order valence-electron chi connectivity index (χ0n) is 11.5. The minimum Gasteiger partial charge on any atom is -0.482 e. The van der Waals surface area contributed by atoms with E-state index in [1.54, 1.807) is 31.2 Å². The van der Waals surface area contributed by atoms with Gasteiger partial charge in [-0.1, -0.05) is 6.92 Å². The second-order valence-electron chi connectivity index (χ2n) is 3.97. The molecular formula is C14H16N2O4. The molecular weight excluding hydrogens is 260 g/mol. The number of carbonyl (C=O) groups excluding carboxylic acids is 1. The van der Waals surface area contributed by atoms with Crippen LogP contribution in [-0.4, -0.2) is 29.4 Å². The number of aryl methyl sites for hydroxylation is 1. The average molecular weight is 276 g/mol. The average Bonchev–Trinajstić information content (AvgIpc) is 2.95. The van der Waals surface area contributed by atoms with Crippen molar-refractivity contribution in [2.45, 2.75) is 20.3 Å². The highest BCUT2D eigenvalue weighted by Crippen LogP contribution is 2.21. The van der Waals surface area contributed by atoms with Crippen LogP contribution in [0, 0.1) is 0 Å². The molecule has 6 heteroatoms. The monoisotopic (exact) mass is 276 g/mol. The molecule has 1 aromatic heterocycles. The Hall–Kier alpha value is -2.37. The Morgan fingerprint density at radius 3 is 2.55 bits per heavy atom.